The Morgan fingerprint density at radius 1 is 0.905 bits per heavy atom. The highest BCUT2D eigenvalue weighted by Gasteiger charge is 2.06. The Balaban J connectivity index is 2.18. The van der Waals surface area contributed by atoms with Gasteiger partial charge in [-0.3, -0.25) is 0 Å². The van der Waals surface area contributed by atoms with Gasteiger partial charge in [0.05, 0.1) is 21.3 Å². The predicted molar refractivity (Wildman–Crippen MR) is 87.6 cm³/mol. The first-order valence-corrected chi connectivity index (χ1v) is 7.25. The maximum Gasteiger partial charge on any atom is 0.124 e. The lowest BCUT2D eigenvalue weighted by Gasteiger charge is -2.13. The summed E-state index contributed by atoms with van der Waals surface area (Å²) >= 11 is 3.47. The Morgan fingerprint density at radius 2 is 1.57 bits per heavy atom. The van der Waals surface area contributed by atoms with E-state index in [9.17, 15) is 0 Å². The molecule has 2 aromatic carbocycles. The summed E-state index contributed by atoms with van der Waals surface area (Å²) in [5, 5.41) is 3.35. The van der Waals surface area contributed by atoms with Gasteiger partial charge in [0.25, 0.3) is 0 Å². The lowest BCUT2D eigenvalue weighted by Crippen LogP contribution is -2.02. The highest BCUT2D eigenvalue weighted by molar-refractivity contribution is 9.10. The monoisotopic (exact) mass is 351 g/mol. The van der Waals surface area contributed by atoms with Crippen molar-refractivity contribution in [2.24, 2.45) is 0 Å². The van der Waals surface area contributed by atoms with Crippen molar-refractivity contribution >= 4 is 21.6 Å². The third-order valence-electron chi connectivity index (χ3n) is 3.08. The first kappa shape index (κ1) is 15.5. The van der Waals surface area contributed by atoms with Crippen LogP contribution in [-0.2, 0) is 6.54 Å². The fourth-order valence-electron chi connectivity index (χ4n) is 1.99. The number of benzene rings is 2. The minimum Gasteiger partial charge on any atom is -0.497 e. The summed E-state index contributed by atoms with van der Waals surface area (Å²) in [5.41, 5.74) is 1.99. The minimum absolute atomic E-state index is 0.638. The molecule has 21 heavy (non-hydrogen) atoms. The molecular formula is C16H18BrNO3. The number of ether oxygens (including phenoxy) is 3. The first-order chi connectivity index (χ1) is 10.2. The molecule has 0 atom stereocenters. The van der Waals surface area contributed by atoms with Crippen LogP contribution in [0.25, 0.3) is 0 Å². The summed E-state index contributed by atoms with van der Waals surface area (Å²) in [4.78, 5) is 0. The summed E-state index contributed by atoms with van der Waals surface area (Å²) in [6.07, 6.45) is 0. The zero-order chi connectivity index (χ0) is 15.2. The van der Waals surface area contributed by atoms with E-state index in [1.54, 1.807) is 21.3 Å². The van der Waals surface area contributed by atoms with Crippen LogP contribution in [0.5, 0.6) is 17.2 Å². The SMILES string of the molecule is COc1cc(NCc2cc(Br)ccc2OC)cc(OC)c1. The number of hydrogen-bond donors (Lipinski definition) is 1. The molecule has 1 N–H and O–H groups in total. The molecule has 0 spiro atoms. The predicted octanol–water partition coefficient (Wildman–Crippen LogP) is 4.09. The lowest BCUT2D eigenvalue weighted by atomic mass is 10.2. The van der Waals surface area contributed by atoms with Gasteiger partial charge in [0, 0.05) is 40.5 Å². The van der Waals surface area contributed by atoms with Crippen LogP contribution >= 0.6 is 15.9 Å². The molecule has 0 fully saturated rings. The molecule has 5 heteroatoms. The smallest absolute Gasteiger partial charge is 0.124 e. The van der Waals surface area contributed by atoms with E-state index in [1.807, 2.05) is 36.4 Å². The number of anilines is 1. The number of nitrogens with one attached hydrogen (secondary N) is 1. The third kappa shape index (κ3) is 4.04. The van der Waals surface area contributed by atoms with Crippen LogP contribution in [0, 0.1) is 0 Å². The van der Waals surface area contributed by atoms with Gasteiger partial charge in [-0.2, -0.15) is 0 Å². The van der Waals surface area contributed by atoms with E-state index in [1.165, 1.54) is 0 Å². The van der Waals surface area contributed by atoms with Crippen molar-refractivity contribution in [2.75, 3.05) is 26.6 Å². The Labute approximate surface area is 133 Å². The molecule has 0 aliphatic carbocycles. The quantitative estimate of drug-likeness (QED) is 0.850. The second-order valence-corrected chi connectivity index (χ2v) is 5.33. The topological polar surface area (TPSA) is 39.7 Å². The molecule has 0 amide bonds. The molecule has 0 heterocycles. The number of halogens is 1. The molecule has 0 unspecified atom stereocenters. The van der Waals surface area contributed by atoms with Crippen LogP contribution < -0.4 is 19.5 Å². The van der Waals surface area contributed by atoms with Crippen LogP contribution in [0.4, 0.5) is 5.69 Å². The van der Waals surface area contributed by atoms with Gasteiger partial charge in [-0.25, -0.2) is 0 Å². The fraction of sp³-hybridized carbons (Fsp3) is 0.250. The number of hydrogen-bond acceptors (Lipinski definition) is 4. The average Bonchev–Trinajstić information content (AvgIpc) is 2.52. The molecule has 0 aliphatic rings. The van der Waals surface area contributed by atoms with E-state index in [4.69, 9.17) is 14.2 Å². The molecule has 0 aromatic heterocycles. The third-order valence-corrected chi connectivity index (χ3v) is 3.57. The first-order valence-electron chi connectivity index (χ1n) is 6.45. The van der Waals surface area contributed by atoms with Crippen molar-refractivity contribution in [2.45, 2.75) is 6.54 Å². The van der Waals surface area contributed by atoms with Gasteiger partial charge in [0.2, 0.25) is 0 Å². The van der Waals surface area contributed by atoms with E-state index < -0.39 is 0 Å². The summed E-state index contributed by atoms with van der Waals surface area (Å²) in [5.74, 6) is 2.34. The minimum atomic E-state index is 0.638. The fourth-order valence-corrected chi connectivity index (χ4v) is 2.40. The van der Waals surface area contributed by atoms with Crippen LogP contribution in [-0.4, -0.2) is 21.3 Å². The molecule has 0 saturated carbocycles. The van der Waals surface area contributed by atoms with Gasteiger partial charge in [-0.1, -0.05) is 15.9 Å². The number of methoxy groups -OCH3 is 3. The van der Waals surface area contributed by atoms with E-state index in [0.717, 1.165) is 33.0 Å². The highest BCUT2D eigenvalue weighted by Crippen LogP contribution is 2.28. The van der Waals surface area contributed by atoms with Crippen molar-refractivity contribution in [1.29, 1.82) is 0 Å². The van der Waals surface area contributed by atoms with Gasteiger partial charge in [-0.05, 0) is 18.2 Å². The van der Waals surface area contributed by atoms with E-state index in [2.05, 4.69) is 21.2 Å². The molecule has 2 rings (SSSR count). The maximum atomic E-state index is 5.37. The molecule has 112 valence electrons. The van der Waals surface area contributed by atoms with Crippen LogP contribution in [0.2, 0.25) is 0 Å². The van der Waals surface area contributed by atoms with Crippen molar-refractivity contribution in [3.63, 3.8) is 0 Å². The Morgan fingerprint density at radius 3 is 2.14 bits per heavy atom. The molecule has 4 nitrogen and oxygen atoms in total. The zero-order valence-electron chi connectivity index (χ0n) is 12.3. The lowest BCUT2D eigenvalue weighted by molar-refractivity contribution is 0.394. The molecular weight excluding hydrogens is 334 g/mol. The average molecular weight is 352 g/mol. The van der Waals surface area contributed by atoms with Crippen molar-refractivity contribution in [1.82, 2.24) is 0 Å². The highest BCUT2D eigenvalue weighted by atomic mass is 79.9. The Bertz CT molecular complexity index is 594. The largest absolute Gasteiger partial charge is 0.497 e. The van der Waals surface area contributed by atoms with Gasteiger partial charge in [0.1, 0.15) is 17.2 Å². The second-order valence-electron chi connectivity index (χ2n) is 4.41. The normalized spacial score (nSPS) is 10.1. The van der Waals surface area contributed by atoms with Gasteiger partial charge < -0.3 is 19.5 Å². The summed E-state index contributed by atoms with van der Waals surface area (Å²) in [6.45, 7) is 0.638. The molecule has 0 saturated heterocycles. The Kier molecular flexibility index (Phi) is 5.33. The van der Waals surface area contributed by atoms with E-state index in [-0.39, 0.29) is 0 Å². The van der Waals surface area contributed by atoms with Crippen LogP contribution in [0.3, 0.4) is 0 Å². The van der Waals surface area contributed by atoms with Gasteiger partial charge in [0.15, 0.2) is 0 Å². The van der Waals surface area contributed by atoms with E-state index in [0.29, 0.717) is 6.54 Å². The van der Waals surface area contributed by atoms with Crippen molar-refractivity contribution in [3.8, 4) is 17.2 Å². The van der Waals surface area contributed by atoms with Crippen LogP contribution in [0.1, 0.15) is 5.56 Å². The summed E-state index contributed by atoms with van der Waals surface area (Å²) in [7, 11) is 4.94. The standard InChI is InChI=1S/C16H18BrNO3/c1-19-14-7-13(8-15(9-14)20-2)18-10-11-6-12(17)4-5-16(11)21-3/h4-9,18H,10H2,1-3H3. The van der Waals surface area contributed by atoms with Gasteiger partial charge in [-0.15, -0.1) is 0 Å². The molecule has 2 aromatic rings. The summed E-state index contributed by atoms with van der Waals surface area (Å²) in [6, 6.07) is 11.6. The Hall–Kier alpha value is -1.88. The van der Waals surface area contributed by atoms with Gasteiger partial charge >= 0.3 is 0 Å². The summed E-state index contributed by atoms with van der Waals surface area (Å²) < 4.78 is 16.9. The zero-order valence-corrected chi connectivity index (χ0v) is 13.9. The molecule has 0 aliphatic heterocycles. The number of rotatable bonds is 6. The molecule has 0 bridgehead atoms. The van der Waals surface area contributed by atoms with Crippen molar-refractivity contribution in [3.05, 3.63) is 46.4 Å². The maximum absolute atomic E-state index is 5.37. The second kappa shape index (κ2) is 7.22. The molecule has 0 radical (unpaired) electrons. The van der Waals surface area contributed by atoms with Crippen molar-refractivity contribution < 1.29 is 14.2 Å². The van der Waals surface area contributed by atoms with E-state index >= 15 is 0 Å². The van der Waals surface area contributed by atoms with Crippen LogP contribution in [0.15, 0.2) is 40.9 Å².